The van der Waals surface area contributed by atoms with Crippen LogP contribution in [0.5, 0.6) is 11.5 Å². The van der Waals surface area contributed by atoms with Gasteiger partial charge in [0.15, 0.2) is 0 Å². The maximum absolute atomic E-state index is 13.5. The maximum Gasteiger partial charge on any atom is 0.387 e. The lowest BCUT2D eigenvalue weighted by Crippen LogP contribution is -2.26. The van der Waals surface area contributed by atoms with Crippen LogP contribution in [0.4, 0.5) is 20.2 Å². The van der Waals surface area contributed by atoms with E-state index in [2.05, 4.69) is 74.8 Å². The molecule has 0 aromatic heterocycles. The van der Waals surface area contributed by atoms with E-state index in [1.54, 1.807) is 13.0 Å². The number of ether oxygens (including phenoxy) is 2. The minimum atomic E-state index is -3.10. The van der Waals surface area contributed by atoms with Crippen molar-refractivity contribution < 1.29 is 23.0 Å². The van der Waals surface area contributed by atoms with Crippen LogP contribution in [0.25, 0.3) is 5.57 Å². The van der Waals surface area contributed by atoms with Crippen LogP contribution < -0.4 is 19.7 Å². The highest BCUT2D eigenvalue weighted by atomic mass is 19.3. The zero-order valence-corrected chi connectivity index (χ0v) is 26.2. The van der Waals surface area contributed by atoms with Gasteiger partial charge in [0.25, 0.3) is 5.91 Å². The van der Waals surface area contributed by atoms with E-state index in [1.807, 2.05) is 0 Å². The van der Waals surface area contributed by atoms with Crippen molar-refractivity contribution in [2.75, 3.05) is 25.1 Å². The molecule has 1 unspecified atom stereocenters. The number of allylic oxidation sites excluding steroid dienone is 3. The summed E-state index contributed by atoms with van der Waals surface area (Å²) in [5, 5.41) is 2.67. The number of carbonyl (C=O) groups excluding carboxylic acids is 1. The quantitative estimate of drug-likeness (QED) is 0.168. The van der Waals surface area contributed by atoms with Crippen LogP contribution in [0.1, 0.15) is 94.6 Å². The van der Waals surface area contributed by atoms with Gasteiger partial charge in [-0.05, 0) is 80.9 Å². The number of carbonyl (C=O) groups is 1. The first-order valence-corrected chi connectivity index (χ1v) is 15.1. The van der Waals surface area contributed by atoms with Crippen LogP contribution in [0.15, 0.2) is 53.3 Å². The van der Waals surface area contributed by atoms with Crippen molar-refractivity contribution in [3.8, 4) is 11.5 Å². The molecule has 7 heteroatoms. The summed E-state index contributed by atoms with van der Waals surface area (Å²) in [6.07, 6.45) is 8.80. The van der Waals surface area contributed by atoms with Crippen molar-refractivity contribution in [3.05, 3.63) is 70.0 Å². The number of nitrogens with zero attached hydrogens (tertiary/aromatic N) is 1. The number of anilines is 2. The Morgan fingerprint density at radius 1 is 1.10 bits per heavy atom. The molecule has 2 aromatic carbocycles. The Bertz CT molecular complexity index is 1340. The van der Waals surface area contributed by atoms with Crippen molar-refractivity contribution in [2.24, 2.45) is 5.92 Å². The van der Waals surface area contributed by atoms with Gasteiger partial charge in [0.1, 0.15) is 17.1 Å². The van der Waals surface area contributed by atoms with Gasteiger partial charge < -0.3 is 19.7 Å². The zero-order valence-electron chi connectivity index (χ0n) is 26.2. The molecule has 1 aliphatic carbocycles. The third-order valence-electron chi connectivity index (χ3n) is 7.63. The number of alkyl halides is 2. The van der Waals surface area contributed by atoms with Crippen molar-refractivity contribution in [1.29, 1.82) is 0 Å². The van der Waals surface area contributed by atoms with Gasteiger partial charge in [-0.2, -0.15) is 8.78 Å². The Kier molecular flexibility index (Phi) is 12.2. The first kappa shape index (κ1) is 32.9. The molecule has 1 atom stereocenters. The third kappa shape index (κ3) is 8.48. The van der Waals surface area contributed by atoms with Gasteiger partial charge in [0.2, 0.25) is 0 Å². The number of amides is 1. The first-order chi connectivity index (χ1) is 20.1. The van der Waals surface area contributed by atoms with E-state index >= 15 is 0 Å². The average Bonchev–Trinajstić information content (AvgIpc) is 2.95. The molecule has 0 heterocycles. The topological polar surface area (TPSA) is 50.8 Å². The van der Waals surface area contributed by atoms with E-state index in [0.717, 1.165) is 41.6 Å². The Morgan fingerprint density at radius 3 is 2.45 bits per heavy atom. The van der Waals surface area contributed by atoms with E-state index in [9.17, 15) is 13.6 Å². The molecule has 1 N–H and O–H groups in total. The summed E-state index contributed by atoms with van der Waals surface area (Å²) in [7, 11) is 1.42. The summed E-state index contributed by atoms with van der Waals surface area (Å²) < 4.78 is 37.4. The van der Waals surface area contributed by atoms with Crippen LogP contribution in [0.3, 0.4) is 0 Å². The smallest absolute Gasteiger partial charge is 0.387 e. The summed E-state index contributed by atoms with van der Waals surface area (Å²) in [6, 6.07) is 9.57. The van der Waals surface area contributed by atoms with Gasteiger partial charge >= 0.3 is 6.61 Å². The monoisotopic (exact) mass is 580 g/mol. The van der Waals surface area contributed by atoms with Crippen molar-refractivity contribution >= 4 is 22.9 Å². The highest BCUT2D eigenvalue weighted by Gasteiger charge is 2.25. The number of unbranched alkanes of at least 4 members (excludes halogenated alkanes) is 2. The van der Waals surface area contributed by atoms with Crippen molar-refractivity contribution in [2.45, 2.75) is 86.7 Å². The molecule has 1 amide bonds. The fourth-order valence-corrected chi connectivity index (χ4v) is 5.26. The number of hydrogen-bond acceptors (Lipinski definition) is 4. The normalized spacial score (nSPS) is 13.7. The van der Waals surface area contributed by atoms with E-state index in [4.69, 9.17) is 9.47 Å². The largest absolute Gasteiger partial charge is 0.496 e. The Morgan fingerprint density at radius 2 is 1.83 bits per heavy atom. The molecule has 0 bridgehead atoms. The Labute approximate surface area is 250 Å². The Hall–Kier alpha value is -3.57. The lowest BCUT2D eigenvalue weighted by Gasteiger charge is -2.30. The SMILES string of the molecule is CCCCCC1=C=C(c2ccc(N(CC(C)CC)c3cc(OC)c(C(=O)NCC)c(OC(F)F)c3)c(C)c2)C=C(C)C1. The average molecular weight is 581 g/mol. The van der Waals surface area contributed by atoms with Crippen LogP contribution in [-0.4, -0.2) is 32.7 Å². The molecule has 2 aromatic rings. The van der Waals surface area contributed by atoms with Gasteiger partial charge in [-0.3, -0.25) is 4.79 Å². The molecule has 0 fully saturated rings. The van der Waals surface area contributed by atoms with E-state index in [1.165, 1.54) is 43.6 Å². The molecule has 228 valence electrons. The highest BCUT2D eigenvalue weighted by molar-refractivity contribution is 6.00. The van der Waals surface area contributed by atoms with E-state index < -0.39 is 12.5 Å². The number of rotatable bonds is 15. The lowest BCUT2D eigenvalue weighted by atomic mass is 9.91. The van der Waals surface area contributed by atoms with Crippen LogP contribution in [0, 0.1) is 12.8 Å². The summed E-state index contributed by atoms with van der Waals surface area (Å²) in [4.78, 5) is 14.9. The third-order valence-corrected chi connectivity index (χ3v) is 7.63. The second kappa shape index (κ2) is 15.6. The van der Waals surface area contributed by atoms with Crippen molar-refractivity contribution in [1.82, 2.24) is 5.32 Å². The standard InChI is InChI=1S/C35H46F2N2O3/c1-8-11-12-13-26-16-24(5)17-28(19-26)27-14-15-30(25(6)18-27)39(22-23(4)9-2)29-20-31(41-7)33(34(40)38-10-3)32(21-29)42-35(36)37/h14-15,17-18,20-21,23,35H,8-13,16,22H2,1-7H3,(H,38,40). The summed E-state index contributed by atoms with van der Waals surface area (Å²) in [5.74, 6) is -0.275. The number of methoxy groups -OCH3 is 1. The number of halogens is 2. The minimum absolute atomic E-state index is 0.0492. The molecule has 0 aliphatic heterocycles. The van der Waals surface area contributed by atoms with Gasteiger partial charge in [-0.25, -0.2) is 0 Å². The fraction of sp³-hybridized carbons (Fsp3) is 0.486. The number of aryl methyl sites for hydroxylation is 1. The number of nitrogens with one attached hydrogen (secondary N) is 1. The summed E-state index contributed by atoms with van der Waals surface area (Å²) in [5.41, 5.74) is 11.1. The minimum Gasteiger partial charge on any atom is -0.496 e. The van der Waals surface area contributed by atoms with Gasteiger partial charge in [0, 0.05) is 42.2 Å². The molecule has 1 aliphatic rings. The second-order valence-electron chi connectivity index (χ2n) is 11.2. The molecule has 0 saturated heterocycles. The molecular weight excluding hydrogens is 534 g/mol. The highest BCUT2D eigenvalue weighted by Crippen LogP contribution is 2.40. The molecule has 5 nitrogen and oxygen atoms in total. The summed E-state index contributed by atoms with van der Waals surface area (Å²) >= 11 is 0. The Balaban J connectivity index is 2.12. The van der Waals surface area contributed by atoms with E-state index in [0.29, 0.717) is 24.7 Å². The fourth-order valence-electron chi connectivity index (χ4n) is 5.26. The van der Waals surface area contributed by atoms with Gasteiger partial charge in [0.05, 0.1) is 7.11 Å². The second-order valence-corrected chi connectivity index (χ2v) is 11.2. The number of hydrogen-bond donors (Lipinski definition) is 1. The zero-order chi connectivity index (χ0) is 30.8. The molecule has 42 heavy (non-hydrogen) atoms. The first-order valence-electron chi connectivity index (χ1n) is 15.1. The molecule has 0 spiro atoms. The molecule has 0 saturated carbocycles. The molecular formula is C35H46F2N2O3. The number of benzene rings is 2. The van der Waals surface area contributed by atoms with Crippen molar-refractivity contribution in [3.63, 3.8) is 0 Å². The molecule has 0 radical (unpaired) electrons. The van der Waals surface area contributed by atoms with Crippen LogP contribution >= 0.6 is 0 Å². The van der Waals surface area contributed by atoms with Gasteiger partial charge in [-0.15, -0.1) is 5.73 Å². The lowest BCUT2D eigenvalue weighted by molar-refractivity contribution is -0.0502. The van der Waals surface area contributed by atoms with E-state index in [-0.39, 0.29) is 17.1 Å². The maximum atomic E-state index is 13.5. The van der Waals surface area contributed by atoms with Crippen LogP contribution in [0.2, 0.25) is 0 Å². The molecule has 3 rings (SSSR count). The predicted octanol–water partition coefficient (Wildman–Crippen LogP) is 9.38. The summed E-state index contributed by atoms with van der Waals surface area (Å²) in [6.45, 7) is 10.4. The van der Waals surface area contributed by atoms with Crippen LogP contribution in [-0.2, 0) is 0 Å². The van der Waals surface area contributed by atoms with Gasteiger partial charge in [-0.1, -0.05) is 51.7 Å². The predicted molar refractivity (Wildman–Crippen MR) is 168 cm³/mol.